The van der Waals surface area contributed by atoms with Crippen LogP contribution in [0.5, 0.6) is 0 Å². The minimum atomic E-state index is 1.08. The van der Waals surface area contributed by atoms with Gasteiger partial charge in [-0.25, -0.2) is 4.57 Å². The van der Waals surface area contributed by atoms with Crippen molar-refractivity contribution in [2.45, 2.75) is 13.8 Å². The zero-order valence-corrected chi connectivity index (χ0v) is 15.0. The molecule has 3 aromatic carbocycles. The summed E-state index contributed by atoms with van der Waals surface area (Å²) in [6.45, 7) is 4.45. The molecule has 3 heteroatoms. The van der Waals surface area contributed by atoms with E-state index in [0.29, 0.717) is 0 Å². The van der Waals surface area contributed by atoms with Crippen molar-refractivity contribution >= 4 is 49.1 Å². The van der Waals surface area contributed by atoms with E-state index in [2.05, 4.69) is 78.4 Å². The number of hydrogen-bond acceptors (Lipinski definition) is 1. The number of pyridine rings is 1. The lowest BCUT2D eigenvalue weighted by Gasteiger charge is -2.15. The van der Waals surface area contributed by atoms with Crippen molar-refractivity contribution in [1.29, 1.82) is 0 Å². The minimum absolute atomic E-state index is 1.08. The molecule has 6 aromatic rings. The maximum atomic E-state index is 4.80. The molecule has 0 fully saturated rings. The molecular formula is C23H18N3+. The molecule has 0 amide bonds. The van der Waals surface area contributed by atoms with Crippen LogP contribution in [0.3, 0.4) is 0 Å². The van der Waals surface area contributed by atoms with Crippen molar-refractivity contribution < 1.29 is 4.57 Å². The summed E-state index contributed by atoms with van der Waals surface area (Å²) in [5, 5.41) is 5.20. The molecule has 0 bridgehead atoms. The Hall–Kier alpha value is -3.20. The van der Waals surface area contributed by atoms with Crippen LogP contribution < -0.4 is 4.57 Å². The molecule has 0 saturated heterocycles. The van der Waals surface area contributed by atoms with Crippen LogP contribution >= 0.6 is 0 Å². The Morgan fingerprint density at radius 3 is 2.62 bits per heavy atom. The SMILES string of the molecule is Cc1cc2cccc3c2c(c1C)c1c2c(nc[n+]1C)c1ccccc1n32. The number of aryl methyl sites for hydroxylation is 3. The number of para-hydroxylation sites is 1. The zero-order chi connectivity index (χ0) is 17.6. The van der Waals surface area contributed by atoms with E-state index in [1.165, 1.54) is 54.7 Å². The largest absolute Gasteiger partial charge is 0.302 e. The third-order valence-electron chi connectivity index (χ3n) is 5.93. The molecule has 3 nitrogen and oxygen atoms in total. The number of fused-ring (bicyclic) bond motifs is 5. The summed E-state index contributed by atoms with van der Waals surface area (Å²) in [4.78, 5) is 4.80. The maximum Gasteiger partial charge on any atom is 0.287 e. The summed E-state index contributed by atoms with van der Waals surface area (Å²) < 4.78 is 4.58. The van der Waals surface area contributed by atoms with Crippen molar-refractivity contribution in [2.75, 3.05) is 0 Å². The molecule has 0 aliphatic rings. The number of aromatic nitrogens is 3. The van der Waals surface area contributed by atoms with Crippen LogP contribution in [0.2, 0.25) is 0 Å². The molecule has 0 unspecified atom stereocenters. The van der Waals surface area contributed by atoms with Gasteiger partial charge in [-0.15, -0.1) is 0 Å². The second kappa shape index (κ2) is 4.50. The third kappa shape index (κ3) is 1.46. The molecule has 3 aromatic heterocycles. The third-order valence-corrected chi connectivity index (χ3v) is 5.93. The first-order chi connectivity index (χ1) is 12.7. The second-order valence-electron chi connectivity index (χ2n) is 7.32. The molecular weight excluding hydrogens is 318 g/mol. The van der Waals surface area contributed by atoms with Gasteiger partial charge in [0.1, 0.15) is 5.52 Å². The van der Waals surface area contributed by atoms with Gasteiger partial charge in [0.05, 0.1) is 23.5 Å². The summed E-state index contributed by atoms with van der Waals surface area (Å²) in [6, 6.07) is 17.5. The van der Waals surface area contributed by atoms with E-state index in [-0.39, 0.29) is 0 Å². The van der Waals surface area contributed by atoms with E-state index in [1.54, 1.807) is 0 Å². The topological polar surface area (TPSA) is 21.2 Å². The monoisotopic (exact) mass is 336 g/mol. The van der Waals surface area contributed by atoms with Crippen LogP contribution in [0.1, 0.15) is 11.1 Å². The van der Waals surface area contributed by atoms with E-state index in [9.17, 15) is 0 Å². The van der Waals surface area contributed by atoms with E-state index < -0.39 is 0 Å². The van der Waals surface area contributed by atoms with Gasteiger partial charge < -0.3 is 4.40 Å². The molecule has 0 spiro atoms. The molecule has 3 heterocycles. The smallest absolute Gasteiger partial charge is 0.287 e. The van der Waals surface area contributed by atoms with Crippen molar-refractivity contribution in [1.82, 2.24) is 9.38 Å². The Morgan fingerprint density at radius 1 is 0.923 bits per heavy atom. The lowest BCUT2D eigenvalue weighted by molar-refractivity contribution is -0.647. The molecule has 124 valence electrons. The number of benzene rings is 3. The molecule has 0 aliphatic heterocycles. The van der Waals surface area contributed by atoms with E-state index in [4.69, 9.17) is 4.98 Å². The molecule has 6 rings (SSSR count). The average Bonchev–Trinajstić information content (AvgIpc) is 2.99. The lowest BCUT2D eigenvalue weighted by atomic mass is 9.95. The fourth-order valence-electron chi connectivity index (χ4n) is 4.64. The van der Waals surface area contributed by atoms with Gasteiger partial charge in [0, 0.05) is 10.8 Å². The highest BCUT2D eigenvalue weighted by atomic mass is 15.0. The van der Waals surface area contributed by atoms with Crippen LogP contribution in [-0.4, -0.2) is 9.38 Å². The molecule has 0 aliphatic carbocycles. The van der Waals surface area contributed by atoms with E-state index in [1.807, 2.05) is 6.33 Å². The van der Waals surface area contributed by atoms with Gasteiger partial charge in [-0.1, -0.05) is 30.3 Å². The predicted molar refractivity (Wildman–Crippen MR) is 107 cm³/mol. The summed E-state index contributed by atoms with van der Waals surface area (Å²) >= 11 is 0. The average molecular weight is 336 g/mol. The minimum Gasteiger partial charge on any atom is -0.302 e. The van der Waals surface area contributed by atoms with Crippen molar-refractivity contribution in [3.05, 3.63) is 66.0 Å². The zero-order valence-electron chi connectivity index (χ0n) is 15.0. The van der Waals surface area contributed by atoms with E-state index >= 15 is 0 Å². The van der Waals surface area contributed by atoms with Gasteiger partial charge in [0.2, 0.25) is 5.52 Å². The lowest BCUT2D eigenvalue weighted by Crippen LogP contribution is -2.30. The van der Waals surface area contributed by atoms with Crippen LogP contribution in [0.15, 0.2) is 54.9 Å². The van der Waals surface area contributed by atoms with Crippen molar-refractivity contribution in [2.24, 2.45) is 7.05 Å². The van der Waals surface area contributed by atoms with Gasteiger partial charge in [-0.05, 0) is 53.5 Å². The molecule has 0 N–H and O–H groups in total. The summed E-state index contributed by atoms with van der Waals surface area (Å²) in [6.07, 6.45) is 1.95. The Bertz CT molecular complexity index is 1510. The Kier molecular flexibility index (Phi) is 2.42. The first kappa shape index (κ1) is 14.0. The molecule has 0 atom stereocenters. The number of nitrogens with zero attached hydrogens (tertiary/aromatic N) is 3. The van der Waals surface area contributed by atoms with Gasteiger partial charge in [-0.3, -0.25) is 0 Å². The standard InChI is InChI=1S/C23H18N3/c1-13-11-15-7-6-10-18-20(15)19(14(13)2)22-23-21(24-12-25(22)3)16-8-4-5-9-17(16)26(18)23/h4-12H,1-3H3/q+1. The van der Waals surface area contributed by atoms with Crippen molar-refractivity contribution in [3.63, 3.8) is 0 Å². The highest BCUT2D eigenvalue weighted by molar-refractivity contribution is 6.25. The Morgan fingerprint density at radius 2 is 1.73 bits per heavy atom. The Labute approximate surface area is 150 Å². The summed E-state index contributed by atoms with van der Waals surface area (Å²) in [7, 11) is 2.10. The van der Waals surface area contributed by atoms with Crippen LogP contribution in [0, 0.1) is 13.8 Å². The van der Waals surface area contributed by atoms with Crippen molar-refractivity contribution in [3.8, 4) is 0 Å². The first-order valence-corrected chi connectivity index (χ1v) is 8.98. The fourth-order valence-corrected chi connectivity index (χ4v) is 4.64. The van der Waals surface area contributed by atoms with Gasteiger partial charge >= 0.3 is 0 Å². The maximum absolute atomic E-state index is 4.80. The van der Waals surface area contributed by atoms with E-state index in [0.717, 1.165) is 5.52 Å². The highest BCUT2D eigenvalue weighted by Gasteiger charge is 2.25. The number of hydrogen-bond donors (Lipinski definition) is 0. The predicted octanol–water partition coefficient (Wildman–Crippen LogP) is 4.83. The van der Waals surface area contributed by atoms with Gasteiger partial charge in [0.25, 0.3) is 6.33 Å². The van der Waals surface area contributed by atoms with Crippen LogP contribution in [0.4, 0.5) is 0 Å². The molecule has 0 radical (unpaired) electrons. The molecule has 26 heavy (non-hydrogen) atoms. The van der Waals surface area contributed by atoms with Gasteiger partial charge in [0.15, 0.2) is 5.52 Å². The quantitative estimate of drug-likeness (QED) is 0.221. The summed E-state index contributed by atoms with van der Waals surface area (Å²) in [5.41, 5.74) is 8.72. The molecule has 0 saturated carbocycles. The first-order valence-electron chi connectivity index (χ1n) is 8.98. The normalized spacial score (nSPS) is 12.4. The Balaban J connectivity index is 2.17. The van der Waals surface area contributed by atoms with Gasteiger partial charge in [-0.2, -0.15) is 0 Å². The highest BCUT2D eigenvalue weighted by Crippen LogP contribution is 2.40. The van der Waals surface area contributed by atoms with Crippen LogP contribution in [0.25, 0.3) is 49.1 Å². The van der Waals surface area contributed by atoms with Crippen LogP contribution in [-0.2, 0) is 7.05 Å². The number of rotatable bonds is 0. The second-order valence-corrected chi connectivity index (χ2v) is 7.32. The fraction of sp³-hybridized carbons (Fsp3) is 0.130. The summed E-state index contributed by atoms with van der Waals surface area (Å²) in [5.74, 6) is 0.